The van der Waals surface area contributed by atoms with Gasteiger partial charge < -0.3 is 25.0 Å². The van der Waals surface area contributed by atoms with Crippen LogP contribution in [-0.4, -0.2) is 63.7 Å². The minimum atomic E-state index is -0.104. The Bertz CT molecular complexity index is 587. The number of carbonyl (C=O) groups excluding carboxylic acids is 1. The van der Waals surface area contributed by atoms with Crippen LogP contribution in [0.5, 0.6) is 11.5 Å². The van der Waals surface area contributed by atoms with Crippen molar-refractivity contribution < 1.29 is 14.3 Å². The number of rotatable bonds is 9. The van der Waals surface area contributed by atoms with E-state index >= 15 is 0 Å². The molecule has 1 amide bonds. The number of ether oxygens (including phenoxy) is 2. The second-order valence-electron chi connectivity index (χ2n) is 5.61. The van der Waals surface area contributed by atoms with Crippen molar-refractivity contribution in [3.63, 3.8) is 0 Å². The van der Waals surface area contributed by atoms with Crippen LogP contribution >= 0.6 is 0 Å². The molecule has 0 bridgehead atoms. The van der Waals surface area contributed by atoms with Crippen molar-refractivity contribution in [3.05, 3.63) is 36.9 Å². The number of nitrogens with zero attached hydrogens (tertiary/aromatic N) is 2. The van der Waals surface area contributed by atoms with Crippen molar-refractivity contribution in [3.8, 4) is 11.5 Å². The first-order valence-corrected chi connectivity index (χ1v) is 8.10. The van der Waals surface area contributed by atoms with Crippen molar-refractivity contribution >= 4 is 11.9 Å². The van der Waals surface area contributed by atoms with Crippen LogP contribution in [0.4, 0.5) is 0 Å². The number of hydrogen-bond acceptors (Lipinski definition) is 4. The molecular formula is C18H28N4O3. The van der Waals surface area contributed by atoms with Gasteiger partial charge in [0.2, 0.25) is 5.91 Å². The molecule has 0 saturated carbocycles. The molecule has 7 heteroatoms. The van der Waals surface area contributed by atoms with E-state index in [0.29, 0.717) is 19.0 Å². The fourth-order valence-electron chi connectivity index (χ4n) is 1.82. The molecule has 0 aliphatic heterocycles. The minimum Gasteiger partial charge on any atom is -0.497 e. The maximum atomic E-state index is 11.7. The topological polar surface area (TPSA) is 75.2 Å². The normalized spacial score (nSPS) is 12.1. The number of carbonyl (C=O) groups is 1. The van der Waals surface area contributed by atoms with Crippen molar-refractivity contribution in [2.24, 2.45) is 4.99 Å². The number of amides is 1. The molecule has 25 heavy (non-hydrogen) atoms. The SMILES string of the molecule is C=CCNC(=NCC(=O)N(C)C)NCC(C)Oc1cccc(OC)c1. The first kappa shape index (κ1) is 20.3. The lowest BCUT2D eigenvalue weighted by Gasteiger charge is -2.18. The van der Waals surface area contributed by atoms with Gasteiger partial charge in [-0.05, 0) is 19.1 Å². The monoisotopic (exact) mass is 348 g/mol. The van der Waals surface area contributed by atoms with Crippen LogP contribution in [-0.2, 0) is 4.79 Å². The van der Waals surface area contributed by atoms with Crippen LogP contribution in [0.15, 0.2) is 41.9 Å². The smallest absolute Gasteiger partial charge is 0.243 e. The number of aliphatic imine (C=N–C) groups is 1. The van der Waals surface area contributed by atoms with Gasteiger partial charge in [0.25, 0.3) is 0 Å². The lowest BCUT2D eigenvalue weighted by Crippen LogP contribution is -2.42. The Hall–Kier alpha value is -2.70. The van der Waals surface area contributed by atoms with Gasteiger partial charge in [0.05, 0.1) is 13.7 Å². The Morgan fingerprint density at radius 2 is 2.08 bits per heavy atom. The zero-order chi connectivity index (χ0) is 18.7. The third-order valence-electron chi connectivity index (χ3n) is 3.22. The van der Waals surface area contributed by atoms with Crippen molar-refractivity contribution in [2.45, 2.75) is 13.0 Å². The van der Waals surface area contributed by atoms with Gasteiger partial charge in [0.1, 0.15) is 24.1 Å². The molecule has 1 rings (SSSR count). The molecule has 1 aromatic carbocycles. The molecule has 0 aromatic heterocycles. The molecular weight excluding hydrogens is 320 g/mol. The van der Waals surface area contributed by atoms with E-state index in [4.69, 9.17) is 9.47 Å². The van der Waals surface area contributed by atoms with Crippen LogP contribution < -0.4 is 20.1 Å². The Kier molecular flexibility index (Phi) is 8.92. The van der Waals surface area contributed by atoms with Gasteiger partial charge >= 0.3 is 0 Å². The lowest BCUT2D eigenvalue weighted by molar-refractivity contribution is -0.127. The van der Waals surface area contributed by atoms with Crippen molar-refractivity contribution in [2.75, 3.05) is 40.8 Å². The van der Waals surface area contributed by atoms with E-state index in [2.05, 4.69) is 22.2 Å². The van der Waals surface area contributed by atoms with E-state index in [9.17, 15) is 4.79 Å². The van der Waals surface area contributed by atoms with Crippen LogP contribution in [0.1, 0.15) is 6.92 Å². The van der Waals surface area contributed by atoms with E-state index in [-0.39, 0.29) is 18.6 Å². The van der Waals surface area contributed by atoms with Crippen LogP contribution in [0.2, 0.25) is 0 Å². The number of likely N-dealkylation sites (N-methyl/N-ethyl adjacent to an activating group) is 1. The van der Waals surface area contributed by atoms with Gasteiger partial charge in [-0.1, -0.05) is 12.1 Å². The standard InChI is InChI=1S/C18H28N4O3/c1-6-10-19-18(21-13-17(23)22(3)4)20-12-14(2)25-16-9-7-8-15(11-16)24-5/h6-9,11,14H,1,10,12-13H2,2-5H3,(H2,19,20,21). The molecule has 1 atom stereocenters. The third kappa shape index (κ3) is 8.10. The largest absolute Gasteiger partial charge is 0.497 e. The summed E-state index contributed by atoms with van der Waals surface area (Å²) in [5.41, 5.74) is 0. The van der Waals surface area contributed by atoms with Gasteiger partial charge in [-0.15, -0.1) is 6.58 Å². The highest BCUT2D eigenvalue weighted by molar-refractivity contribution is 5.84. The molecule has 0 saturated heterocycles. The highest BCUT2D eigenvalue weighted by Gasteiger charge is 2.08. The summed E-state index contributed by atoms with van der Waals surface area (Å²) in [5, 5.41) is 6.24. The predicted molar refractivity (Wildman–Crippen MR) is 100 cm³/mol. The Morgan fingerprint density at radius 1 is 1.36 bits per heavy atom. The van der Waals surface area contributed by atoms with E-state index in [1.807, 2.05) is 31.2 Å². The quantitative estimate of drug-likeness (QED) is 0.399. The zero-order valence-corrected chi connectivity index (χ0v) is 15.4. The Morgan fingerprint density at radius 3 is 2.72 bits per heavy atom. The highest BCUT2D eigenvalue weighted by Crippen LogP contribution is 2.19. The van der Waals surface area contributed by atoms with Crippen LogP contribution in [0.25, 0.3) is 0 Å². The number of guanidine groups is 1. The second kappa shape index (κ2) is 11.0. The van der Waals surface area contributed by atoms with E-state index in [1.165, 1.54) is 4.90 Å². The molecule has 2 N–H and O–H groups in total. The van der Waals surface area contributed by atoms with Crippen LogP contribution in [0, 0.1) is 0 Å². The van der Waals surface area contributed by atoms with Gasteiger partial charge in [-0.2, -0.15) is 0 Å². The summed E-state index contributed by atoms with van der Waals surface area (Å²) in [6.07, 6.45) is 1.62. The summed E-state index contributed by atoms with van der Waals surface area (Å²) in [4.78, 5) is 17.4. The molecule has 0 heterocycles. The first-order valence-electron chi connectivity index (χ1n) is 8.10. The maximum Gasteiger partial charge on any atom is 0.243 e. The maximum absolute atomic E-state index is 11.7. The average molecular weight is 348 g/mol. The fourth-order valence-corrected chi connectivity index (χ4v) is 1.82. The van der Waals surface area contributed by atoms with Crippen molar-refractivity contribution in [1.82, 2.24) is 15.5 Å². The summed E-state index contributed by atoms with van der Waals surface area (Å²) in [6, 6.07) is 7.44. The molecule has 138 valence electrons. The molecule has 0 fully saturated rings. The Labute approximate surface area is 149 Å². The lowest BCUT2D eigenvalue weighted by atomic mass is 10.3. The number of nitrogens with one attached hydrogen (secondary N) is 2. The molecule has 7 nitrogen and oxygen atoms in total. The summed E-state index contributed by atoms with van der Waals surface area (Å²) < 4.78 is 11.0. The number of methoxy groups -OCH3 is 1. The molecule has 1 unspecified atom stereocenters. The molecule has 0 aliphatic carbocycles. The van der Waals surface area contributed by atoms with E-state index in [1.54, 1.807) is 27.3 Å². The summed E-state index contributed by atoms with van der Waals surface area (Å²) in [5.74, 6) is 1.94. The second-order valence-corrected chi connectivity index (χ2v) is 5.61. The Balaban J connectivity index is 2.57. The number of benzene rings is 1. The average Bonchev–Trinajstić information content (AvgIpc) is 2.60. The fraction of sp³-hybridized carbons (Fsp3) is 0.444. The van der Waals surface area contributed by atoms with E-state index in [0.717, 1.165) is 11.5 Å². The molecule has 0 aliphatic rings. The van der Waals surface area contributed by atoms with Gasteiger partial charge in [0.15, 0.2) is 5.96 Å². The molecule has 0 spiro atoms. The molecule has 1 aromatic rings. The van der Waals surface area contributed by atoms with Crippen molar-refractivity contribution in [1.29, 1.82) is 0 Å². The summed E-state index contributed by atoms with van der Waals surface area (Å²) in [7, 11) is 5.02. The van der Waals surface area contributed by atoms with Crippen LogP contribution in [0.3, 0.4) is 0 Å². The first-order chi connectivity index (χ1) is 12.0. The van der Waals surface area contributed by atoms with E-state index < -0.39 is 0 Å². The highest BCUT2D eigenvalue weighted by atomic mass is 16.5. The molecule has 0 radical (unpaired) electrons. The number of hydrogen-bond donors (Lipinski definition) is 2. The third-order valence-corrected chi connectivity index (χ3v) is 3.22. The van der Waals surface area contributed by atoms with Gasteiger partial charge in [-0.3, -0.25) is 4.79 Å². The zero-order valence-electron chi connectivity index (χ0n) is 15.4. The van der Waals surface area contributed by atoms with Gasteiger partial charge in [-0.25, -0.2) is 4.99 Å². The minimum absolute atomic E-state index is 0.0691. The summed E-state index contributed by atoms with van der Waals surface area (Å²) >= 11 is 0. The summed E-state index contributed by atoms with van der Waals surface area (Å²) in [6.45, 7) is 6.76. The van der Waals surface area contributed by atoms with Gasteiger partial charge in [0, 0.05) is 26.7 Å². The predicted octanol–water partition coefficient (Wildman–Crippen LogP) is 1.27.